The van der Waals surface area contributed by atoms with Crippen LogP contribution in [0.15, 0.2) is 67.1 Å². The first-order valence-electron chi connectivity index (χ1n) is 9.49. The van der Waals surface area contributed by atoms with E-state index in [0.29, 0.717) is 18.9 Å². The number of hydrogen-bond acceptors (Lipinski definition) is 4. The molecule has 1 aromatic carbocycles. The third-order valence-corrected chi connectivity index (χ3v) is 5.31. The van der Waals surface area contributed by atoms with Gasteiger partial charge in [0.1, 0.15) is 5.82 Å². The highest BCUT2D eigenvalue weighted by Crippen LogP contribution is 2.27. The Kier molecular flexibility index (Phi) is 4.27. The lowest BCUT2D eigenvalue weighted by Gasteiger charge is -2.16. The molecule has 1 aliphatic heterocycles. The summed E-state index contributed by atoms with van der Waals surface area (Å²) in [4.78, 5) is 23.0. The van der Waals surface area contributed by atoms with E-state index in [2.05, 4.69) is 15.1 Å². The lowest BCUT2D eigenvalue weighted by atomic mass is 10.1. The number of halogens is 1. The van der Waals surface area contributed by atoms with Gasteiger partial charge in [-0.1, -0.05) is 12.1 Å². The van der Waals surface area contributed by atoms with E-state index in [-0.39, 0.29) is 17.4 Å². The van der Waals surface area contributed by atoms with Crippen LogP contribution in [-0.4, -0.2) is 43.5 Å². The Hall–Kier alpha value is -3.61. The summed E-state index contributed by atoms with van der Waals surface area (Å²) in [5, 5.41) is 4.64. The van der Waals surface area contributed by atoms with E-state index in [1.54, 1.807) is 33.9 Å². The number of hydrogen-bond donors (Lipinski definition) is 0. The fraction of sp³-hybridized carbons (Fsp3) is 0.182. The summed E-state index contributed by atoms with van der Waals surface area (Å²) in [5.74, 6) is -0.0273. The molecule has 29 heavy (non-hydrogen) atoms. The van der Waals surface area contributed by atoms with Gasteiger partial charge in [-0.05, 0) is 48.4 Å². The second kappa shape index (κ2) is 7.09. The van der Waals surface area contributed by atoms with Crippen LogP contribution in [0.3, 0.4) is 0 Å². The normalized spacial score (nSPS) is 16.4. The van der Waals surface area contributed by atoms with Crippen molar-refractivity contribution in [1.29, 1.82) is 0 Å². The smallest absolute Gasteiger partial charge is 0.256 e. The zero-order chi connectivity index (χ0) is 19.8. The van der Waals surface area contributed by atoms with Crippen LogP contribution in [0.1, 0.15) is 28.5 Å². The summed E-state index contributed by atoms with van der Waals surface area (Å²) in [6.07, 6.45) is 6.21. The lowest BCUT2D eigenvalue weighted by Crippen LogP contribution is -2.29. The number of benzene rings is 1. The Morgan fingerprint density at radius 1 is 1.03 bits per heavy atom. The van der Waals surface area contributed by atoms with Crippen molar-refractivity contribution < 1.29 is 9.18 Å². The zero-order valence-electron chi connectivity index (χ0n) is 15.6. The molecular weight excluding hydrogens is 369 g/mol. The molecule has 4 heterocycles. The molecule has 0 spiro atoms. The quantitative estimate of drug-likeness (QED) is 0.539. The van der Waals surface area contributed by atoms with Gasteiger partial charge in [0.05, 0.1) is 5.56 Å². The standard InChI is InChI=1S/C22H18FN5O/c23-19-4-2-1-3-18(19)22(29)27-12-9-17(13-27)21-25-20-6-5-16(14-28(20)26-21)15-7-10-24-11-8-15/h1-8,10-11,14,17H,9,12-13H2/t17-/m1/s1. The van der Waals surface area contributed by atoms with Crippen molar-refractivity contribution in [2.24, 2.45) is 0 Å². The van der Waals surface area contributed by atoms with Crippen LogP contribution in [0, 0.1) is 5.82 Å². The molecule has 1 atom stereocenters. The fourth-order valence-electron chi connectivity index (χ4n) is 3.75. The average molecular weight is 387 g/mol. The molecule has 7 heteroatoms. The van der Waals surface area contributed by atoms with Gasteiger partial charge in [0.2, 0.25) is 0 Å². The Labute approximate surface area is 166 Å². The summed E-state index contributed by atoms with van der Waals surface area (Å²) in [7, 11) is 0. The molecule has 1 saturated heterocycles. The largest absolute Gasteiger partial charge is 0.338 e. The minimum absolute atomic E-state index is 0.0370. The number of nitrogens with zero attached hydrogens (tertiary/aromatic N) is 5. The Balaban J connectivity index is 1.38. The van der Waals surface area contributed by atoms with Gasteiger partial charge in [-0.15, -0.1) is 0 Å². The first-order valence-corrected chi connectivity index (χ1v) is 9.49. The van der Waals surface area contributed by atoms with E-state index in [9.17, 15) is 9.18 Å². The van der Waals surface area contributed by atoms with Crippen molar-refractivity contribution in [3.05, 3.63) is 84.3 Å². The van der Waals surface area contributed by atoms with Crippen molar-refractivity contribution in [1.82, 2.24) is 24.5 Å². The van der Waals surface area contributed by atoms with Gasteiger partial charge >= 0.3 is 0 Å². The molecule has 0 unspecified atom stereocenters. The molecule has 0 saturated carbocycles. The number of carbonyl (C=O) groups is 1. The first-order chi connectivity index (χ1) is 14.2. The van der Waals surface area contributed by atoms with Crippen LogP contribution in [0.5, 0.6) is 0 Å². The number of likely N-dealkylation sites (tertiary alicyclic amines) is 1. The van der Waals surface area contributed by atoms with Gasteiger partial charge in [-0.2, -0.15) is 5.10 Å². The molecule has 0 aliphatic carbocycles. The highest BCUT2D eigenvalue weighted by Gasteiger charge is 2.31. The second-order valence-corrected chi connectivity index (χ2v) is 7.14. The maximum absolute atomic E-state index is 14.0. The molecule has 1 fully saturated rings. The zero-order valence-corrected chi connectivity index (χ0v) is 15.6. The van der Waals surface area contributed by atoms with Crippen molar-refractivity contribution in [2.45, 2.75) is 12.3 Å². The van der Waals surface area contributed by atoms with E-state index < -0.39 is 5.82 Å². The number of aromatic nitrogens is 4. The predicted molar refractivity (Wildman–Crippen MR) is 106 cm³/mol. The van der Waals surface area contributed by atoms with Gasteiger partial charge in [0.15, 0.2) is 11.5 Å². The van der Waals surface area contributed by atoms with Crippen LogP contribution in [-0.2, 0) is 0 Å². The highest BCUT2D eigenvalue weighted by molar-refractivity contribution is 5.94. The maximum Gasteiger partial charge on any atom is 0.256 e. The molecule has 5 rings (SSSR count). The molecular formula is C22H18FN5O. The minimum atomic E-state index is -0.490. The maximum atomic E-state index is 14.0. The molecule has 6 nitrogen and oxygen atoms in total. The fourth-order valence-corrected chi connectivity index (χ4v) is 3.75. The summed E-state index contributed by atoms with van der Waals surface area (Å²) >= 11 is 0. The average Bonchev–Trinajstić information content (AvgIpc) is 3.41. The molecule has 3 aromatic heterocycles. The van der Waals surface area contributed by atoms with Crippen molar-refractivity contribution in [2.75, 3.05) is 13.1 Å². The van der Waals surface area contributed by atoms with Crippen molar-refractivity contribution in [3.63, 3.8) is 0 Å². The van der Waals surface area contributed by atoms with Crippen LogP contribution in [0.4, 0.5) is 4.39 Å². The Morgan fingerprint density at radius 3 is 2.69 bits per heavy atom. The van der Waals surface area contributed by atoms with Gasteiger partial charge in [0.25, 0.3) is 5.91 Å². The van der Waals surface area contributed by atoms with Crippen LogP contribution in [0.25, 0.3) is 16.8 Å². The van der Waals surface area contributed by atoms with Crippen molar-refractivity contribution >= 4 is 11.6 Å². The molecule has 0 N–H and O–H groups in total. The molecule has 144 valence electrons. The molecule has 0 bridgehead atoms. The Bertz CT molecular complexity index is 1190. The highest BCUT2D eigenvalue weighted by atomic mass is 19.1. The predicted octanol–water partition coefficient (Wildman–Crippen LogP) is 3.56. The number of pyridine rings is 2. The van der Waals surface area contributed by atoms with Crippen molar-refractivity contribution in [3.8, 4) is 11.1 Å². The number of amides is 1. The van der Waals surface area contributed by atoms with Gasteiger partial charge in [0, 0.05) is 43.2 Å². The first kappa shape index (κ1) is 17.5. The third-order valence-electron chi connectivity index (χ3n) is 5.31. The molecule has 4 aromatic rings. The summed E-state index contributed by atoms with van der Waals surface area (Å²) < 4.78 is 15.7. The van der Waals surface area contributed by atoms with Gasteiger partial charge < -0.3 is 4.90 Å². The van der Waals surface area contributed by atoms with E-state index in [4.69, 9.17) is 0 Å². The van der Waals surface area contributed by atoms with Gasteiger partial charge in [-0.3, -0.25) is 9.78 Å². The lowest BCUT2D eigenvalue weighted by molar-refractivity contribution is 0.0786. The number of rotatable bonds is 3. The third kappa shape index (κ3) is 3.24. The van der Waals surface area contributed by atoms with Gasteiger partial charge in [-0.25, -0.2) is 13.9 Å². The van der Waals surface area contributed by atoms with Crippen LogP contribution < -0.4 is 0 Å². The van der Waals surface area contributed by atoms with E-state index >= 15 is 0 Å². The molecule has 1 aliphatic rings. The van der Waals surface area contributed by atoms with Crippen LogP contribution >= 0.6 is 0 Å². The summed E-state index contributed by atoms with van der Waals surface area (Å²) in [6.45, 7) is 1.05. The van der Waals surface area contributed by atoms with E-state index in [0.717, 1.165) is 23.2 Å². The summed E-state index contributed by atoms with van der Waals surface area (Å²) in [5.41, 5.74) is 2.95. The minimum Gasteiger partial charge on any atom is -0.338 e. The number of fused-ring (bicyclic) bond motifs is 1. The van der Waals surface area contributed by atoms with Crippen LogP contribution in [0.2, 0.25) is 0 Å². The molecule has 0 radical (unpaired) electrons. The summed E-state index contributed by atoms with van der Waals surface area (Å²) in [6, 6.07) is 13.9. The van der Waals surface area contributed by atoms with E-state index in [1.165, 1.54) is 12.1 Å². The molecule has 1 amide bonds. The monoisotopic (exact) mass is 387 g/mol. The SMILES string of the molecule is O=C(c1ccccc1F)N1CC[C@@H](c2nc3ccc(-c4ccncc4)cn3n2)C1. The Morgan fingerprint density at radius 2 is 1.86 bits per heavy atom. The topological polar surface area (TPSA) is 63.4 Å². The van der Waals surface area contributed by atoms with E-state index in [1.807, 2.05) is 30.5 Å². The number of carbonyl (C=O) groups excluding carboxylic acids is 1. The second-order valence-electron chi connectivity index (χ2n) is 7.14.